The highest BCUT2D eigenvalue weighted by Gasteiger charge is 2.13. The van der Waals surface area contributed by atoms with Crippen molar-refractivity contribution in [2.45, 2.75) is 13.2 Å². The molecule has 0 saturated carbocycles. The lowest BCUT2D eigenvalue weighted by Crippen LogP contribution is -1.95. The quantitative estimate of drug-likeness (QED) is 0.585. The van der Waals surface area contributed by atoms with Crippen molar-refractivity contribution in [2.75, 3.05) is 0 Å². The van der Waals surface area contributed by atoms with Crippen LogP contribution in [0.2, 0.25) is 0 Å². The lowest BCUT2D eigenvalue weighted by molar-refractivity contribution is 0.257. The van der Waals surface area contributed by atoms with Crippen LogP contribution >= 0.6 is 15.9 Å². The van der Waals surface area contributed by atoms with Crippen LogP contribution in [-0.2, 0) is 13.2 Å². The number of hydrogen-bond donors (Lipinski definition) is 4. The van der Waals surface area contributed by atoms with Crippen LogP contribution in [0.5, 0.6) is 11.5 Å². The fourth-order valence-electron chi connectivity index (χ4n) is 1.03. The summed E-state index contributed by atoms with van der Waals surface area (Å²) in [6, 6.07) is 1.21. The summed E-state index contributed by atoms with van der Waals surface area (Å²) in [6.07, 6.45) is 0. The molecule has 0 heterocycles. The highest BCUT2D eigenvalue weighted by atomic mass is 79.9. The van der Waals surface area contributed by atoms with E-state index in [-0.39, 0.29) is 29.2 Å². The number of phenols is 2. The first-order valence-corrected chi connectivity index (χ1v) is 4.35. The standard InChI is InChI=1S/C8H9BrO4/c9-7-5(3-11)4(2-10)1-6(12)8(7)13/h1,10-13H,2-3H2. The Morgan fingerprint density at radius 1 is 1.15 bits per heavy atom. The van der Waals surface area contributed by atoms with Crippen molar-refractivity contribution in [3.05, 3.63) is 21.7 Å². The molecule has 0 aromatic heterocycles. The summed E-state index contributed by atoms with van der Waals surface area (Å²) in [5.74, 6) is -0.658. The van der Waals surface area contributed by atoms with Gasteiger partial charge in [-0.25, -0.2) is 0 Å². The van der Waals surface area contributed by atoms with Crippen LogP contribution in [0, 0.1) is 0 Å². The van der Waals surface area contributed by atoms with E-state index in [9.17, 15) is 5.11 Å². The lowest BCUT2D eigenvalue weighted by Gasteiger charge is -2.10. The van der Waals surface area contributed by atoms with Crippen molar-refractivity contribution >= 4 is 15.9 Å². The van der Waals surface area contributed by atoms with Gasteiger partial charge in [-0.2, -0.15) is 0 Å². The molecular weight excluding hydrogens is 240 g/mol. The molecule has 0 bridgehead atoms. The number of aliphatic hydroxyl groups is 2. The number of halogens is 1. The minimum Gasteiger partial charge on any atom is -0.504 e. The van der Waals surface area contributed by atoms with E-state index in [2.05, 4.69) is 15.9 Å². The van der Waals surface area contributed by atoms with Gasteiger partial charge in [-0.05, 0) is 27.6 Å². The average molecular weight is 249 g/mol. The predicted molar refractivity (Wildman–Crippen MR) is 49.3 cm³/mol. The van der Waals surface area contributed by atoms with Crippen molar-refractivity contribution in [3.8, 4) is 11.5 Å². The Kier molecular flexibility index (Phi) is 3.13. The second-order valence-corrected chi connectivity index (χ2v) is 3.31. The Balaban J connectivity index is 3.39. The lowest BCUT2D eigenvalue weighted by atomic mass is 10.1. The highest BCUT2D eigenvalue weighted by molar-refractivity contribution is 9.10. The van der Waals surface area contributed by atoms with E-state index in [1.807, 2.05) is 0 Å². The van der Waals surface area contributed by atoms with E-state index in [1.165, 1.54) is 6.07 Å². The SMILES string of the molecule is OCc1cc(O)c(O)c(Br)c1CO. The maximum Gasteiger partial charge on any atom is 0.172 e. The maximum atomic E-state index is 9.25. The second-order valence-electron chi connectivity index (χ2n) is 2.51. The predicted octanol–water partition coefficient (Wildman–Crippen LogP) is 0.845. The second kappa shape index (κ2) is 3.95. The average Bonchev–Trinajstić information content (AvgIpc) is 2.13. The molecule has 0 aliphatic rings. The van der Waals surface area contributed by atoms with Gasteiger partial charge in [0.05, 0.1) is 17.7 Å². The molecule has 0 amide bonds. The molecule has 0 unspecified atom stereocenters. The maximum absolute atomic E-state index is 9.25. The van der Waals surface area contributed by atoms with E-state index >= 15 is 0 Å². The van der Waals surface area contributed by atoms with E-state index in [4.69, 9.17) is 15.3 Å². The smallest absolute Gasteiger partial charge is 0.172 e. The molecule has 4 nitrogen and oxygen atoms in total. The van der Waals surface area contributed by atoms with Gasteiger partial charge < -0.3 is 20.4 Å². The molecule has 13 heavy (non-hydrogen) atoms. The monoisotopic (exact) mass is 248 g/mol. The van der Waals surface area contributed by atoms with E-state index in [1.54, 1.807) is 0 Å². The first kappa shape index (κ1) is 10.3. The molecule has 0 radical (unpaired) electrons. The molecule has 1 rings (SSSR count). The van der Waals surface area contributed by atoms with Gasteiger partial charge in [0.25, 0.3) is 0 Å². The third kappa shape index (κ3) is 1.77. The molecule has 0 aliphatic heterocycles. The van der Waals surface area contributed by atoms with Gasteiger partial charge in [-0.15, -0.1) is 0 Å². The number of rotatable bonds is 2. The Bertz CT molecular complexity index is 324. The zero-order chi connectivity index (χ0) is 10.0. The van der Waals surface area contributed by atoms with Crippen LogP contribution in [0.1, 0.15) is 11.1 Å². The molecule has 1 aromatic carbocycles. The van der Waals surface area contributed by atoms with E-state index in [0.29, 0.717) is 11.1 Å². The molecule has 1 aromatic rings. The zero-order valence-corrected chi connectivity index (χ0v) is 8.24. The van der Waals surface area contributed by atoms with Crippen molar-refractivity contribution in [2.24, 2.45) is 0 Å². The minimum atomic E-state index is -0.332. The molecule has 4 N–H and O–H groups in total. The fourth-order valence-corrected chi connectivity index (χ4v) is 1.61. The summed E-state index contributed by atoms with van der Waals surface area (Å²) in [4.78, 5) is 0. The number of aromatic hydroxyl groups is 2. The summed E-state index contributed by atoms with van der Waals surface area (Å²) in [7, 11) is 0. The Labute approximate surface area is 83.2 Å². The molecule has 5 heteroatoms. The number of hydrogen-bond acceptors (Lipinski definition) is 4. The number of phenolic OH excluding ortho intramolecular Hbond substituents is 2. The normalized spacial score (nSPS) is 10.4. The van der Waals surface area contributed by atoms with Crippen molar-refractivity contribution in [1.29, 1.82) is 0 Å². The summed E-state index contributed by atoms with van der Waals surface area (Å²) >= 11 is 3.00. The Morgan fingerprint density at radius 2 is 1.77 bits per heavy atom. The first-order valence-electron chi connectivity index (χ1n) is 3.55. The van der Waals surface area contributed by atoms with Crippen molar-refractivity contribution in [1.82, 2.24) is 0 Å². The minimum absolute atomic E-state index is 0.207. The highest BCUT2D eigenvalue weighted by Crippen LogP contribution is 2.38. The largest absolute Gasteiger partial charge is 0.504 e. The third-order valence-electron chi connectivity index (χ3n) is 1.74. The van der Waals surface area contributed by atoms with E-state index < -0.39 is 0 Å². The van der Waals surface area contributed by atoms with Crippen LogP contribution in [0.15, 0.2) is 10.5 Å². The molecule has 0 atom stereocenters. The van der Waals surface area contributed by atoms with Crippen LogP contribution in [0.25, 0.3) is 0 Å². The summed E-state index contributed by atoms with van der Waals surface area (Å²) in [6.45, 7) is -0.618. The van der Waals surface area contributed by atoms with Crippen LogP contribution < -0.4 is 0 Å². The number of aliphatic hydroxyl groups excluding tert-OH is 2. The van der Waals surface area contributed by atoms with Crippen LogP contribution in [-0.4, -0.2) is 20.4 Å². The van der Waals surface area contributed by atoms with Gasteiger partial charge in [-0.3, -0.25) is 0 Å². The molecule has 0 aliphatic carbocycles. The van der Waals surface area contributed by atoms with Crippen molar-refractivity contribution < 1.29 is 20.4 Å². The fraction of sp³-hybridized carbons (Fsp3) is 0.250. The van der Waals surface area contributed by atoms with E-state index in [0.717, 1.165) is 0 Å². The molecule has 72 valence electrons. The molecule has 0 spiro atoms. The van der Waals surface area contributed by atoms with Gasteiger partial charge in [-0.1, -0.05) is 0 Å². The topological polar surface area (TPSA) is 80.9 Å². The molecule has 0 saturated heterocycles. The zero-order valence-electron chi connectivity index (χ0n) is 6.66. The number of benzene rings is 1. The van der Waals surface area contributed by atoms with Crippen molar-refractivity contribution in [3.63, 3.8) is 0 Å². The summed E-state index contributed by atoms with van der Waals surface area (Å²) in [5.41, 5.74) is 0.752. The molecular formula is C8H9BrO4. The Hall–Kier alpha value is -0.780. The van der Waals surface area contributed by atoms with Gasteiger partial charge in [0.1, 0.15) is 0 Å². The summed E-state index contributed by atoms with van der Waals surface area (Å²) < 4.78 is 0.207. The molecule has 0 fully saturated rings. The van der Waals surface area contributed by atoms with Crippen LogP contribution in [0.4, 0.5) is 0 Å². The first-order chi connectivity index (χ1) is 6.11. The van der Waals surface area contributed by atoms with Gasteiger partial charge in [0, 0.05) is 5.56 Å². The van der Waals surface area contributed by atoms with Crippen LogP contribution in [0.3, 0.4) is 0 Å². The Morgan fingerprint density at radius 3 is 2.23 bits per heavy atom. The van der Waals surface area contributed by atoms with Gasteiger partial charge >= 0.3 is 0 Å². The third-order valence-corrected chi connectivity index (χ3v) is 2.60. The van der Waals surface area contributed by atoms with Gasteiger partial charge in [0.15, 0.2) is 11.5 Å². The summed E-state index contributed by atoms with van der Waals surface area (Å²) in [5, 5.41) is 36.2. The van der Waals surface area contributed by atoms with Gasteiger partial charge in [0.2, 0.25) is 0 Å².